The summed E-state index contributed by atoms with van der Waals surface area (Å²) in [6.45, 7) is 28.5. The average molecular weight is 566 g/mol. The van der Waals surface area contributed by atoms with Gasteiger partial charge in [0, 0.05) is 0 Å². The maximum Gasteiger partial charge on any atom is 2.00 e. The number of rotatable bonds is 3. The molecule has 30 heavy (non-hydrogen) atoms. The summed E-state index contributed by atoms with van der Waals surface area (Å²) < 4.78 is 61.5. The second-order valence-corrected chi connectivity index (χ2v) is 2.86. The number of hydrogen-bond donors (Lipinski definition) is 0. The zero-order chi connectivity index (χ0) is 20.4. The second kappa shape index (κ2) is 104. The molecule has 0 unspecified atom stereocenters. The van der Waals surface area contributed by atoms with Gasteiger partial charge in [0.15, 0.2) is 0 Å². The third-order valence-corrected chi connectivity index (χ3v) is 0.750. The van der Waals surface area contributed by atoms with Crippen molar-refractivity contribution in [3.05, 3.63) is 39.4 Å². The van der Waals surface area contributed by atoms with Gasteiger partial charge in [-0.3, -0.25) is 0 Å². The summed E-state index contributed by atoms with van der Waals surface area (Å²) in [5.74, 6) is 0. The molecule has 0 aromatic carbocycles. The van der Waals surface area contributed by atoms with Crippen LogP contribution in [-0.4, -0.2) is 25.9 Å². The fourth-order valence-electron chi connectivity index (χ4n) is 0.0680. The van der Waals surface area contributed by atoms with E-state index in [4.69, 9.17) is 71.0 Å². The van der Waals surface area contributed by atoms with E-state index in [0.717, 1.165) is 0 Å². The topological polar surface area (TPSA) is 276 Å². The van der Waals surface area contributed by atoms with Gasteiger partial charge in [-0.15, -0.1) is 8.67 Å². The Balaban J connectivity index is -0.00000000681. The summed E-state index contributed by atoms with van der Waals surface area (Å²) in [4.78, 5) is 0. The van der Waals surface area contributed by atoms with E-state index >= 15 is 0 Å². The van der Waals surface area contributed by atoms with Crippen molar-refractivity contribution >= 4 is 20.8 Å². The van der Waals surface area contributed by atoms with E-state index in [1.807, 2.05) is 0 Å². The number of nitrogens with zero attached hydrogens (tertiary/aromatic N) is 6. The summed E-state index contributed by atoms with van der Waals surface area (Å²) in [5.41, 5.74) is 0. The Morgan fingerprint density at radius 2 is 0.533 bits per heavy atom. The monoisotopic (exact) mass is 566 g/mol. The smallest absolute Gasteiger partial charge is 1.00 e. The Kier molecular flexibility index (Phi) is 354. The summed E-state index contributed by atoms with van der Waals surface area (Å²) in [7, 11) is -10.6. The zero-order valence-electron chi connectivity index (χ0n) is 18.1. The quantitative estimate of drug-likeness (QED) is 0.0766. The van der Waals surface area contributed by atoms with Crippen molar-refractivity contribution in [3.63, 3.8) is 0 Å². The molecule has 0 N–H and O–H groups in total. The van der Waals surface area contributed by atoms with Gasteiger partial charge in [0.2, 0.25) is 20.8 Å². The molecule has 0 bridgehead atoms. The molecule has 130 valence electrons. The van der Waals surface area contributed by atoms with E-state index in [1.54, 1.807) is 0 Å². The molecule has 0 radical (unpaired) electrons. The average Bonchev–Trinajstić information content (AvgIpc) is 2.56. The van der Waals surface area contributed by atoms with Gasteiger partial charge in [-0.1, -0.05) is 0 Å². The van der Waals surface area contributed by atoms with E-state index in [-0.39, 0.29) is 225 Å². The first-order valence-corrected chi connectivity index (χ1v) is 5.51. The Bertz CT molecular complexity index is 482. The van der Waals surface area contributed by atoms with E-state index in [2.05, 4.69) is 8.67 Å². The molecule has 0 aromatic heterocycles. The Morgan fingerprint density at radius 3 is 0.567 bits per heavy atom. The van der Waals surface area contributed by atoms with Crippen LogP contribution in [0.5, 0.6) is 0 Å². The van der Waals surface area contributed by atoms with Gasteiger partial charge in [-0.25, -0.2) is 16.8 Å². The molecule has 0 aliphatic rings. The van der Waals surface area contributed by atoms with Crippen LogP contribution in [0.1, 0.15) is 1.43 Å². The normalized spacial score (nSPS) is 4.87. The van der Waals surface area contributed by atoms with Crippen LogP contribution in [0.2, 0.25) is 0 Å². The molecule has 0 fully saturated rings. The van der Waals surface area contributed by atoms with Gasteiger partial charge in [0.05, 0.1) is 0 Å². The minimum absolute atomic E-state index is 0. The first-order valence-electron chi connectivity index (χ1n) is 2.84. The molecule has 0 atom stereocenters. The Hall–Kier alpha value is 4.20. The van der Waals surface area contributed by atoms with Crippen molar-refractivity contribution in [1.29, 1.82) is 31.6 Å². The molecule has 24 heteroatoms. The van der Waals surface area contributed by atoms with Crippen molar-refractivity contribution in [2.24, 2.45) is 0 Å². The molecule has 0 heterocycles. The summed E-state index contributed by atoms with van der Waals surface area (Å²) in [5, 5.41) is 37.5. The predicted octanol–water partition coefficient (Wildman–Crippen LogP) is -22.4. The van der Waals surface area contributed by atoms with E-state index in [0.29, 0.717) is 0 Å². The van der Waals surface area contributed by atoms with E-state index in [9.17, 15) is 25.9 Å². The molecular weight excluding hydrogens is 565 g/mol. The predicted molar refractivity (Wildman–Crippen MR) is 52.5 cm³/mol. The second-order valence-electron chi connectivity index (χ2n) is 0.953. The Morgan fingerprint density at radius 1 is 0.467 bits per heavy atom. The van der Waals surface area contributed by atoms with Crippen molar-refractivity contribution in [2.75, 3.05) is 0 Å². The molecule has 0 saturated heterocycles. The minimum atomic E-state index is -5.31. The van der Waals surface area contributed by atoms with Gasteiger partial charge >= 0.3 is 224 Å². The van der Waals surface area contributed by atoms with Crippen LogP contribution < -0.4 is 207 Å². The van der Waals surface area contributed by atoms with Crippen LogP contribution in [0.25, 0.3) is 0 Å². The van der Waals surface area contributed by atoms with Crippen LogP contribution in [0, 0.1) is 71.0 Å². The van der Waals surface area contributed by atoms with Crippen LogP contribution in [0.3, 0.4) is 0 Å². The van der Waals surface area contributed by atoms with E-state index in [1.165, 1.54) is 0 Å². The molecular formula is C6HFeN6Na7O8S2. The number of hydrogen-bond acceptors (Lipinski definition) is 14. The molecule has 0 aliphatic heterocycles. The van der Waals surface area contributed by atoms with Crippen LogP contribution in [-0.2, 0) is 46.5 Å². The largest absolute Gasteiger partial charge is 2.00 e. The third-order valence-electron chi connectivity index (χ3n) is 0.194. The summed E-state index contributed by atoms with van der Waals surface area (Å²) in [6.07, 6.45) is 0. The van der Waals surface area contributed by atoms with Crippen molar-refractivity contribution in [1.82, 2.24) is 0 Å². The Labute approximate surface area is 344 Å². The summed E-state index contributed by atoms with van der Waals surface area (Å²) >= 11 is 0. The van der Waals surface area contributed by atoms with Gasteiger partial charge in [-0.2, -0.15) is 0 Å². The minimum Gasteiger partial charge on any atom is -1.00 e. The van der Waals surface area contributed by atoms with Gasteiger partial charge < -0.3 is 81.5 Å². The molecule has 0 saturated carbocycles. The van der Waals surface area contributed by atoms with Gasteiger partial charge in [0.1, 0.15) is 0 Å². The van der Waals surface area contributed by atoms with Gasteiger partial charge in [0.25, 0.3) is 0 Å². The fraction of sp³-hybridized carbons (Fsp3) is 0. The SMILES string of the molecule is O=S(=O)([O-])OOS(=O)(=O)[O-].[C-]#N.[C-]#N.[C-]#N.[C-]#N.[C-]#N.[C-]#N.[Fe+2].[H-].[Na+].[Na+].[Na+].[Na+].[Na+].[Na+].[Na+]. The van der Waals surface area contributed by atoms with Crippen molar-refractivity contribution < 1.29 is 260 Å². The summed E-state index contributed by atoms with van der Waals surface area (Å²) in [6, 6.07) is 0. The van der Waals surface area contributed by atoms with Crippen LogP contribution in [0.4, 0.5) is 0 Å². The third kappa shape index (κ3) is 250. The molecule has 0 aromatic rings. The van der Waals surface area contributed by atoms with Crippen molar-refractivity contribution in [3.8, 4) is 0 Å². The molecule has 0 amide bonds. The van der Waals surface area contributed by atoms with Gasteiger partial charge in [-0.05, 0) is 0 Å². The van der Waals surface area contributed by atoms with Crippen LogP contribution in [0.15, 0.2) is 0 Å². The maximum absolute atomic E-state index is 9.37. The van der Waals surface area contributed by atoms with Crippen molar-refractivity contribution in [2.45, 2.75) is 0 Å². The first-order chi connectivity index (χ1) is 10.2. The van der Waals surface area contributed by atoms with Crippen LogP contribution >= 0.6 is 0 Å². The molecule has 0 spiro atoms. The van der Waals surface area contributed by atoms with E-state index < -0.39 is 20.8 Å². The fourth-order valence-corrected chi connectivity index (χ4v) is 0.612. The first kappa shape index (κ1) is 102. The maximum atomic E-state index is 9.37. The standard InChI is InChI=1S/6CN.Fe.7Na.H2O8S2.H/c6*1-2;;;;;;;;;1-9(2,3)7-8-10(4,5)6;/h;;;;;;;;;;;;;;(H,1,2,3)(H,4,5,6);/q6*-1;+2;7*+1;;-1/p-2. The zero-order valence-corrected chi connectivity index (χ0v) is 33.9. The molecule has 0 aliphatic carbocycles. The molecule has 14 nitrogen and oxygen atoms in total. The molecule has 0 rings (SSSR count).